The molecule has 0 unspecified atom stereocenters. The highest BCUT2D eigenvalue weighted by molar-refractivity contribution is 9.10. The van der Waals surface area contributed by atoms with E-state index in [-0.39, 0.29) is 36.8 Å². The average molecular weight is 553 g/mol. The lowest BCUT2D eigenvalue weighted by atomic mass is 10.0. The van der Waals surface area contributed by atoms with Gasteiger partial charge in [-0.1, -0.05) is 71.2 Å². The van der Waals surface area contributed by atoms with Crippen LogP contribution in [-0.4, -0.2) is 35.4 Å². The van der Waals surface area contributed by atoms with Gasteiger partial charge in [-0.2, -0.15) is 0 Å². The quantitative estimate of drug-likeness (QED) is 0.352. The molecule has 0 heterocycles. The van der Waals surface area contributed by atoms with E-state index in [0.29, 0.717) is 12.2 Å². The Hall–Kier alpha value is -3.19. The molecule has 1 atom stereocenters. The summed E-state index contributed by atoms with van der Waals surface area (Å²) in [5.74, 6) is -0.462. The van der Waals surface area contributed by atoms with Crippen LogP contribution in [0.15, 0.2) is 83.3 Å². The number of nitrogens with one attached hydrogen (secondary N) is 1. The molecular formula is C29H30BrFN2O3. The molecule has 1 saturated carbocycles. The standard InChI is InChI=1S/C29H30BrFN2O3/c30-23-10-6-9-22(17-23)19-33(28(34)20-36-26-15-13-24(31)14-16-26)27(18-21-7-2-1-3-8-21)29(35)32-25-11-4-5-12-25/h1-3,6-10,13-17,25,27H,4-5,11-12,18-20H2,(H,32,35)/t27-/m0/s1. The van der Waals surface area contributed by atoms with Gasteiger partial charge in [0.25, 0.3) is 5.91 Å². The van der Waals surface area contributed by atoms with Crippen LogP contribution in [0.1, 0.15) is 36.8 Å². The van der Waals surface area contributed by atoms with Crippen molar-refractivity contribution in [2.75, 3.05) is 6.61 Å². The van der Waals surface area contributed by atoms with Crippen LogP contribution in [0.25, 0.3) is 0 Å². The molecule has 0 aliphatic heterocycles. The maximum Gasteiger partial charge on any atom is 0.261 e. The number of halogens is 2. The van der Waals surface area contributed by atoms with Crippen molar-refractivity contribution in [1.82, 2.24) is 10.2 Å². The van der Waals surface area contributed by atoms with Crippen LogP contribution in [-0.2, 0) is 22.6 Å². The molecule has 0 saturated heterocycles. The lowest BCUT2D eigenvalue weighted by molar-refractivity contribution is -0.143. The van der Waals surface area contributed by atoms with E-state index < -0.39 is 6.04 Å². The van der Waals surface area contributed by atoms with Crippen molar-refractivity contribution in [3.8, 4) is 5.75 Å². The molecule has 0 aromatic heterocycles. The van der Waals surface area contributed by atoms with Crippen molar-refractivity contribution in [2.45, 2.75) is 50.7 Å². The minimum absolute atomic E-state index is 0.133. The fourth-order valence-electron chi connectivity index (χ4n) is 4.51. The van der Waals surface area contributed by atoms with Gasteiger partial charge in [-0.05, 0) is 60.4 Å². The number of benzene rings is 3. The highest BCUT2D eigenvalue weighted by atomic mass is 79.9. The van der Waals surface area contributed by atoms with Gasteiger partial charge >= 0.3 is 0 Å². The molecular weight excluding hydrogens is 523 g/mol. The number of hydrogen-bond acceptors (Lipinski definition) is 3. The van der Waals surface area contributed by atoms with Crippen molar-refractivity contribution in [3.63, 3.8) is 0 Å². The maximum absolute atomic E-state index is 13.6. The summed E-state index contributed by atoms with van der Waals surface area (Å²) >= 11 is 3.50. The molecule has 0 radical (unpaired) electrons. The Bertz CT molecular complexity index is 1150. The van der Waals surface area contributed by atoms with Gasteiger partial charge in [0.2, 0.25) is 5.91 Å². The van der Waals surface area contributed by atoms with E-state index in [1.54, 1.807) is 4.90 Å². The predicted molar refractivity (Wildman–Crippen MR) is 141 cm³/mol. The summed E-state index contributed by atoms with van der Waals surface area (Å²) in [6.45, 7) is -0.0116. The minimum Gasteiger partial charge on any atom is -0.484 e. The molecule has 0 bridgehead atoms. The third-order valence-electron chi connectivity index (χ3n) is 6.39. The van der Waals surface area contributed by atoms with Crippen LogP contribution in [0, 0.1) is 5.82 Å². The smallest absolute Gasteiger partial charge is 0.261 e. The molecule has 7 heteroatoms. The van der Waals surface area contributed by atoms with Gasteiger partial charge in [0.1, 0.15) is 17.6 Å². The maximum atomic E-state index is 13.6. The van der Waals surface area contributed by atoms with E-state index in [4.69, 9.17) is 4.74 Å². The topological polar surface area (TPSA) is 58.6 Å². The summed E-state index contributed by atoms with van der Waals surface area (Å²) in [6.07, 6.45) is 4.49. The Morgan fingerprint density at radius 3 is 2.36 bits per heavy atom. The lowest BCUT2D eigenvalue weighted by Crippen LogP contribution is -2.53. The number of carbonyl (C=O) groups is 2. The SMILES string of the molecule is O=C(NC1CCCC1)[C@H](Cc1ccccc1)N(Cc1cccc(Br)c1)C(=O)COc1ccc(F)cc1. The Kier molecular flexibility index (Phi) is 9.11. The van der Waals surface area contributed by atoms with Crippen LogP contribution in [0.4, 0.5) is 4.39 Å². The zero-order valence-corrected chi connectivity index (χ0v) is 21.6. The number of nitrogens with zero attached hydrogens (tertiary/aromatic N) is 1. The normalized spacial score (nSPS) is 14.3. The van der Waals surface area contributed by atoms with E-state index in [9.17, 15) is 14.0 Å². The molecule has 3 aromatic carbocycles. The second-order valence-electron chi connectivity index (χ2n) is 9.09. The number of hydrogen-bond donors (Lipinski definition) is 1. The second-order valence-corrected chi connectivity index (χ2v) is 10.0. The highest BCUT2D eigenvalue weighted by Gasteiger charge is 2.32. The first-order valence-corrected chi connectivity index (χ1v) is 13.0. The van der Waals surface area contributed by atoms with Gasteiger partial charge in [-0.15, -0.1) is 0 Å². The van der Waals surface area contributed by atoms with E-state index in [2.05, 4.69) is 21.2 Å². The van der Waals surface area contributed by atoms with Crippen LogP contribution >= 0.6 is 15.9 Å². The van der Waals surface area contributed by atoms with Crippen molar-refractivity contribution < 1.29 is 18.7 Å². The molecule has 5 nitrogen and oxygen atoms in total. The summed E-state index contributed by atoms with van der Waals surface area (Å²) in [6, 6.07) is 22.4. The number of carbonyl (C=O) groups excluding carboxylic acids is 2. The minimum atomic E-state index is -0.712. The first-order chi connectivity index (χ1) is 17.5. The third-order valence-corrected chi connectivity index (χ3v) is 6.88. The van der Waals surface area contributed by atoms with Crippen LogP contribution in [0.3, 0.4) is 0 Å². The summed E-state index contributed by atoms with van der Waals surface area (Å²) in [5.41, 5.74) is 1.86. The van der Waals surface area contributed by atoms with E-state index in [1.807, 2.05) is 54.6 Å². The fraction of sp³-hybridized carbons (Fsp3) is 0.310. The van der Waals surface area contributed by atoms with E-state index in [1.165, 1.54) is 24.3 Å². The molecule has 1 N–H and O–H groups in total. The Morgan fingerprint density at radius 1 is 0.972 bits per heavy atom. The number of rotatable bonds is 10. The van der Waals surface area contributed by atoms with Crippen LogP contribution in [0.2, 0.25) is 0 Å². The molecule has 0 spiro atoms. The Balaban J connectivity index is 1.60. The van der Waals surface area contributed by atoms with E-state index >= 15 is 0 Å². The molecule has 188 valence electrons. The Labute approximate surface area is 219 Å². The summed E-state index contributed by atoms with van der Waals surface area (Å²) in [4.78, 5) is 28.8. The first-order valence-electron chi connectivity index (χ1n) is 12.2. The number of ether oxygens (including phenoxy) is 1. The zero-order chi connectivity index (χ0) is 25.3. The fourth-order valence-corrected chi connectivity index (χ4v) is 4.96. The Morgan fingerprint density at radius 2 is 1.67 bits per heavy atom. The largest absolute Gasteiger partial charge is 0.484 e. The average Bonchev–Trinajstić information content (AvgIpc) is 3.39. The molecule has 1 aliphatic rings. The highest BCUT2D eigenvalue weighted by Crippen LogP contribution is 2.21. The van der Waals surface area contributed by atoms with Crippen LogP contribution in [0.5, 0.6) is 5.75 Å². The van der Waals surface area contributed by atoms with Crippen molar-refractivity contribution in [3.05, 3.63) is 100 Å². The van der Waals surface area contributed by atoms with Crippen LogP contribution < -0.4 is 10.1 Å². The molecule has 3 aromatic rings. The van der Waals surface area contributed by atoms with Crippen molar-refractivity contribution >= 4 is 27.7 Å². The first kappa shape index (κ1) is 25.9. The van der Waals surface area contributed by atoms with Crippen molar-refractivity contribution in [1.29, 1.82) is 0 Å². The molecule has 2 amide bonds. The third kappa shape index (κ3) is 7.40. The van der Waals surface area contributed by atoms with Gasteiger partial charge in [0.15, 0.2) is 6.61 Å². The van der Waals surface area contributed by atoms with Gasteiger partial charge < -0.3 is 15.0 Å². The van der Waals surface area contributed by atoms with Gasteiger partial charge in [-0.3, -0.25) is 9.59 Å². The molecule has 1 aliphatic carbocycles. The molecule has 4 rings (SSSR count). The monoisotopic (exact) mass is 552 g/mol. The summed E-state index contributed by atoms with van der Waals surface area (Å²) < 4.78 is 19.9. The van der Waals surface area contributed by atoms with Gasteiger partial charge in [0.05, 0.1) is 0 Å². The summed E-state index contributed by atoms with van der Waals surface area (Å²) in [7, 11) is 0. The second kappa shape index (κ2) is 12.7. The lowest BCUT2D eigenvalue weighted by Gasteiger charge is -2.32. The van der Waals surface area contributed by atoms with Gasteiger partial charge in [0, 0.05) is 23.5 Å². The summed E-state index contributed by atoms with van der Waals surface area (Å²) in [5, 5.41) is 3.19. The van der Waals surface area contributed by atoms with Gasteiger partial charge in [-0.25, -0.2) is 4.39 Å². The van der Waals surface area contributed by atoms with E-state index in [0.717, 1.165) is 41.3 Å². The molecule has 1 fully saturated rings. The van der Waals surface area contributed by atoms with Crippen molar-refractivity contribution in [2.24, 2.45) is 0 Å². The zero-order valence-electron chi connectivity index (χ0n) is 20.0. The molecule has 36 heavy (non-hydrogen) atoms. The number of amides is 2. The predicted octanol–water partition coefficient (Wildman–Crippen LogP) is 5.67.